The van der Waals surface area contributed by atoms with Crippen LogP contribution in [0.3, 0.4) is 0 Å². The Balaban J connectivity index is 1.50. The van der Waals surface area contributed by atoms with Crippen molar-refractivity contribution in [1.82, 2.24) is 25.0 Å². The van der Waals surface area contributed by atoms with Crippen LogP contribution in [-0.2, 0) is 12.1 Å². The molecule has 0 atom stereocenters. The van der Waals surface area contributed by atoms with Gasteiger partial charge in [-0.05, 0) is 31.4 Å². The molecule has 0 spiro atoms. The summed E-state index contributed by atoms with van der Waals surface area (Å²) in [4.78, 5) is 8.16. The molecular formula is C20H18FN7O2. The minimum Gasteiger partial charge on any atom is -0.618 e. The van der Waals surface area contributed by atoms with Gasteiger partial charge in [-0.15, -0.1) is 5.10 Å². The zero-order chi connectivity index (χ0) is 20.9. The van der Waals surface area contributed by atoms with Gasteiger partial charge in [-0.2, -0.15) is 4.73 Å². The lowest BCUT2D eigenvalue weighted by atomic mass is 9.77. The Kier molecular flexibility index (Phi) is 4.10. The lowest BCUT2D eigenvalue weighted by molar-refractivity contribution is -0.633. The van der Waals surface area contributed by atoms with Crippen molar-refractivity contribution in [1.29, 1.82) is 0 Å². The maximum absolute atomic E-state index is 14.1. The van der Waals surface area contributed by atoms with Crippen LogP contribution in [0.15, 0.2) is 42.6 Å². The van der Waals surface area contributed by atoms with Crippen LogP contribution in [0.1, 0.15) is 30.7 Å². The van der Waals surface area contributed by atoms with Crippen LogP contribution in [0.4, 0.5) is 10.3 Å². The minimum absolute atomic E-state index is 0.0732. The average Bonchev–Trinajstić information content (AvgIpc) is 3.16. The standard InChI is InChI=1S/C20H18FN7O2/c21-14-6-2-5-13-17(14)23-19(22)24-18(13)15-11-27(26-25-15)10-12-4-1-7-16(28(12)30)20(29)8-3-9-20/h1-2,4-7,11,29H,3,8-10H2,(H2,22,23,24). The molecule has 0 saturated heterocycles. The van der Waals surface area contributed by atoms with Crippen LogP contribution in [0.25, 0.3) is 22.3 Å². The Hall–Kier alpha value is -3.66. The van der Waals surface area contributed by atoms with E-state index in [0.29, 0.717) is 41.0 Å². The van der Waals surface area contributed by atoms with Crippen molar-refractivity contribution in [3.63, 3.8) is 0 Å². The highest BCUT2D eigenvalue weighted by Gasteiger charge is 2.43. The van der Waals surface area contributed by atoms with Gasteiger partial charge >= 0.3 is 0 Å². The molecule has 1 saturated carbocycles. The number of halogens is 1. The number of hydrogen-bond acceptors (Lipinski definition) is 7. The predicted molar refractivity (Wildman–Crippen MR) is 105 cm³/mol. The first-order valence-electron chi connectivity index (χ1n) is 9.51. The van der Waals surface area contributed by atoms with Crippen LogP contribution in [-0.4, -0.2) is 30.1 Å². The lowest BCUT2D eigenvalue weighted by Gasteiger charge is -2.34. The van der Waals surface area contributed by atoms with Crippen LogP contribution in [0.5, 0.6) is 0 Å². The number of nitrogens with zero attached hydrogens (tertiary/aromatic N) is 6. The zero-order valence-corrected chi connectivity index (χ0v) is 15.9. The Morgan fingerprint density at radius 2 is 2.00 bits per heavy atom. The molecule has 0 radical (unpaired) electrons. The molecule has 9 nitrogen and oxygen atoms in total. The molecule has 0 aliphatic heterocycles. The lowest BCUT2D eigenvalue weighted by Crippen LogP contribution is -2.48. The van der Waals surface area contributed by atoms with Gasteiger partial charge in [0.2, 0.25) is 17.3 Å². The van der Waals surface area contributed by atoms with E-state index in [4.69, 9.17) is 5.73 Å². The SMILES string of the molecule is Nc1nc(-c2cn(Cc3cccc(C4(O)CCC4)[n+]3[O-])nn2)c2cccc(F)c2n1. The summed E-state index contributed by atoms with van der Waals surface area (Å²) >= 11 is 0. The molecule has 1 fully saturated rings. The maximum Gasteiger partial charge on any atom is 0.224 e. The van der Waals surface area contributed by atoms with Gasteiger partial charge in [-0.3, -0.25) is 0 Å². The molecule has 1 aliphatic rings. The second-order valence-corrected chi connectivity index (χ2v) is 7.45. The molecule has 152 valence electrons. The summed E-state index contributed by atoms with van der Waals surface area (Å²) in [6, 6.07) is 9.60. The van der Waals surface area contributed by atoms with E-state index in [2.05, 4.69) is 20.3 Å². The fourth-order valence-electron chi connectivity index (χ4n) is 3.75. The number of aliphatic hydroxyl groups is 1. The molecule has 3 heterocycles. The van der Waals surface area contributed by atoms with Gasteiger partial charge in [0.1, 0.15) is 34.9 Å². The third-order valence-electron chi connectivity index (χ3n) is 5.48. The van der Waals surface area contributed by atoms with E-state index in [-0.39, 0.29) is 18.0 Å². The summed E-state index contributed by atoms with van der Waals surface area (Å²) in [6.45, 7) is 0.146. The number of anilines is 1. The second-order valence-electron chi connectivity index (χ2n) is 7.45. The molecule has 30 heavy (non-hydrogen) atoms. The van der Waals surface area contributed by atoms with Gasteiger partial charge < -0.3 is 16.0 Å². The van der Waals surface area contributed by atoms with E-state index in [1.165, 1.54) is 10.7 Å². The summed E-state index contributed by atoms with van der Waals surface area (Å²) < 4.78 is 16.4. The van der Waals surface area contributed by atoms with Crippen molar-refractivity contribution in [3.8, 4) is 11.4 Å². The molecule has 10 heteroatoms. The third-order valence-corrected chi connectivity index (χ3v) is 5.48. The Labute approximate surface area is 170 Å². The molecule has 0 amide bonds. The molecular weight excluding hydrogens is 389 g/mol. The number of aromatic nitrogens is 6. The molecule has 0 bridgehead atoms. The highest BCUT2D eigenvalue weighted by Crippen LogP contribution is 2.39. The summed E-state index contributed by atoms with van der Waals surface area (Å²) in [5, 5.41) is 32.0. The molecule has 0 unspecified atom stereocenters. The second kappa shape index (κ2) is 6.70. The van der Waals surface area contributed by atoms with E-state index < -0.39 is 11.4 Å². The minimum atomic E-state index is -1.06. The fourth-order valence-corrected chi connectivity index (χ4v) is 3.75. The highest BCUT2D eigenvalue weighted by atomic mass is 19.1. The summed E-state index contributed by atoms with van der Waals surface area (Å²) in [7, 11) is 0. The van der Waals surface area contributed by atoms with E-state index in [9.17, 15) is 14.7 Å². The number of nitrogen functional groups attached to an aromatic ring is 1. The summed E-state index contributed by atoms with van der Waals surface area (Å²) in [5.74, 6) is -0.579. The van der Waals surface area contributed by atoms with Crippen molar-refractivity contribution >= 4 is 16.9 Å². The van der Waals surface area contributed by atoms with Crippen LogP contribution >= 0.6 is 0 Å². The average molecular weight is 407 g/mol. The van der Waals surface area contributed by atoms with Crippen LogP contribution < -0.4 is 10.5 Å². The van der Waals surface area contributed by atoms with Gasteiger partial charge in [0.05, 0.1) is 6.20 Å². The first kappa shape index (κ1) is 18.4. The molecule has 1 aromatic carbocycles. The van der Waals surface area contributed by atoms with Crippen LogP contribution in [0.2, 0.25) is 0 Å². The van der Waals surface area contributed by atoms with Crippen molar-refractivity contribution in [2.45, 2.75) is 31.4 Å². The van der Waals surface area contributed by atoms with Gasteiger partial charge in [0, 0.05) is 17.5 Å². The van der Waals surface area contributed by atoms with Gasteiger partial charge in [-0.25, -0.2) is 19.0 Å². The van der Waals surface area contributed by atoms with E-state index in [0.717, 1.165) is 11.2 Å². The van der Waals surface area contributed by atoms with Crippen molar-refractivity contribution in [3.05, 3.63) is 65.0 Å². The molecule has 5 rings (SSSR count). The first-order chi connectivity index (χ1) is 14.4. The maximum atomic E-state index is 14.1. The molecule has 3 N–H and O–H groups in total. The van der Waals surface area contributed by atoms with Crippen LogP contribution in [0, 0.1) is 11.0 Å². The molecule has 3 aromatic heterocycles. The number of hydrogen-bond donors (Lipinski definition) is 2. The monoisotopic (exact) mass is 407 g/mol. The number of fused-ring (bicyclic) bond motifs is 1. The number of nitrogens with two attached hydrogens (primary N) is 1. The number of benzene rings is 1. The van der Waals surface area contributed by atoms with E-state index in [1.807, 2.05) is 0 Å². The smallest absolute Gasteiger partial charge is 0.224 e. The largest absolute Gasteiger partial charge is 0.618 e. The summed E-state index contributed by atoms with van der Waals surface area (Å²) in [6.07, 6.45) is 3.65. The first-order valence-corrected chi connectivity index (χ1v) is 9.51. The quantitative estimate of drug-likeness (QED) is 0.389. The normalized spacial score (nSPS) is 15.3. The van der Waals surface area contributed by atoms with Crippen molar-refractivity contribution < 1.29 is 14.2 Å². The molecule has 4 aromatic rings. The Morgan fingerprint density at radius 3 is 2.77 bits per heavy atom. The topological polar surface area (TPSA) is 130 Å². The predicted octanol–water partition coefficient (Wildman–Crippen LogP) is 1.66. The summed E-state index contributed by atoms with van der Waals surface area (Å²) in [5.41, 5.74) is 6.29. The Morgan fingerprint density at radius 1 is 1.20 bits per heavy atom. The van der Waals surface area contributed by atoms with Gasteiger partial charge in [-0.1, -0.05) is 17.3 Å². The number of rotatable bonds is 4. The Bertz CT molecular complexity index is 1270. The number of para-hydroxylation sites is 1. The van der Waals surface area contributed by atoms with Crippen molar-refractivity contribution in [2.24, 2.45) is 0 Å². The van der Waals surface area contributed by atoms with Crippen molar-refractivity contribution in [2.75, 3.05) is 5.73 Å². The van der Waals surface area contributed by atoms with Gasteiger partial charge in [0.25, 0.3) is 0 Å². The zero-order valence-electron chi connectivity index (χ0n) is 15.9. The fraction of sp³-hybridized carbons (Fsp3) is 0.250. The van der Waals surface area contributed by atoms with E-state index in [1.54, 1.807) is 36.5 Å². The van der Waals surface area contributed by atoms with E-state index >= 15 is 0 Å². The van der Waals surface area contributed by atoms with Gasteiger partial charge in [0.15, 0.2) is 0 Å². The molecule has 1 aliphatic carbocycles. The highest BCUT2D eigenvalue weighted by molar-refractivity contribution is 5.92. The number of pyridine rings is 1. The third kappa shape index (κ3) is 2.92.